The van der Waals surface area contributed by atoms with Crippen molar-refractivity contribution in [2.75, 3.05) is 19.6 Å². The summed E-state index contributed by atoms with van der Waals surface area (Å²) < 4.78 is 29.5. The Morgan fingerprint density at radius 1 is 1.27 bits per heavy atom. The lowest BCUT2D eigenvalue weighted by atomic mass is 9.93. The van der Waals surface area contributed by atoms with Gasteiger partial charge in [-0.15, -0.1) is 0 Å². The molecule has 0 radical (unpaired) electrons. The van der Waals surface area contributed by atoms with Crippen molar-refractivity contribution in [3.63, 3.8) is 0 Å². The number of pyridine rings is 1. The highest BCUT2D eigenvalue weighted by Gasteiger charge is 2.27. The number of rotatable bonds is 6. The molecular weight excluding hydrogens is 388 g/mol. The minimum absolute atomic E-state index is 0.0767. The number of aromatic nitrogens is 3. The van der Waals surface area contributed by atoms with Crippen LogP contribution >= 0.6 is 0 Å². The number of carbonyl (C=O) groups excluding carboxylic acids is 1. The fourth-order valence-corrected chi connectivity index (χ4v) is 4.16. The van der Waals surface area contributed by atoms with Crippen LogP contribution in [-0.2, 0) is 17.9 Å². The number of halogens is 2. The predicted molar refractivity (Wildman–Crippen MR) is 110 cm³/mol. The van der Waals surface area contributed by atoms with Crippen LogP contribution in [0.25, 0.3) is 11.0 Å². The van der Waals surface area contributed by atoms with E-state index in [1.807, 2.05) is 16.8 Å². The lowest BCUT2D eigenvalue weighted by Crippen LogP contribution is -2.34. The molecular formula is C22H25F2N5O. The topological polar surface area (TPSA) is 63.1 Å². The van der Waals surface area contributed by atoms with Gasteiger partial charge in [0.15, 0.2) is 17.3 Å². The van der Waals surface area contributed by atoms with Crippen molar-refractivity contribution in [2.45, 2.75) is 38.8 Å². The number of nitrogens with one attached hydrogen (secondary N) is 1. The maximum Gasteiger partial charge on any atom is 0.216 e. The first kappa shape index (κ1) is 20.4. The van der Waals surface area contributed by atoms with Gasteiger partial charge in [0.1, 0.15) is 0 Å². The summed E-state index contributed by atoms with van der Waals surface area (Å²) in [6.07, 6.45) is 3.68. The van der Waals surface area contributed by atoms with Crippen molar-refractivity contribution in [1.29, 1.82) is 0 Å². The lowest BCUT2D eigenvalue weighted by Gasteiger charge is -2.32. The number of likely N-dealkylation sites (tertiary alicyclic amines) is 1. The average molecular weight is 413 g/mol. The molecule has 0 spiro atoms. The Kier molecular flexibility index (Phi) is 6.03. The van der Waals surface area contributed by atoms with Gasteiger partial charge in [-0.1, -0.05) is 12.1 Å². The van der Waals surface area contributed by atoms with Crippen LogP contribution in [0.2, 0.25) is 0 Å². The minimum Gasteiger partial charge on any atom is -0.354 e. The van der Waals surface area contributed by atoms with E-state index in [9.17, 15) is 13.6 Å². The van der Waals surface area contributed by atoms with Crippen LogP contribution in [0.15, 0.2) is 36.5 Å². The molecule has 1 aromatic carbocycles. The molecule has 0 aliphatic carbocycles. The van der Waals surface area contributed by atoms with Crippen LogP contribution in [0.5, 0.6) is 0 Å². The Morgan fingerprint density at radius 2 is 2.13 bits per heavy atom. The molecule has 158 valence electrons. The SMILES string of the molecule is CC(=O)NCCn1nc(C2CCCN(Cc3cccc(F)c3F)C2)c2cccnc21. The highest BCUT2D eigenvalue weighted by Crippen LogP contribution is 2.31. The molecule has 0 bridgehead atoms. The Balaban J connectivity index is 1.54. The van der Waals surface area contributed by atoms with Crippen molar-refractivity contribution in [3.8, 4) is 0 Å². The molecule has 0 saturated carbocycles. The number of piperidine rings is 1. The molecule has 30 heavy (non-hydrogen) atoms. The van der Waals surface area contributed by atoms with Crippen LogP contribution in [0.3, 0.4) is 0 Å². The third kappa shape index (κ3) is 4.33. The van der Waals surface area contributed by atoms with Gasteiger partial charge in [-0.25, -0.2) is 18.4 Å². The second-order valence-electron chi connectivity index (χ2n) is 7.75. The van der Waals surface area contributed by atoms with Gasteiger partial charge in [-0.2, -0.15) is 5.10 Å². The molecule has 1 amide bonds. The first-order chi connectivity index (χ1) is 14.5. The summed E-state index contributed by atoms with van der Waals surface area (Å²) in [6.45, 7) is 4.45. The van der Waals surface area contributed by atoms with Crippen LogP contribution in [0.1, 0.15) is 36.9 Å². The number of fused-ring (bicyclic) bond motifs is 1. The number of hydrogen-bond acceptors (Lipinski definition) is 4. The fourth-order valence-electron chi connectivity index (χ4n) is 4.16. The molecule has 1 fully saturated rings. The van der Waals surface area contributed by atoms with Crippen molar-refractivity contribution in [2.24, 2.45) is 0 Å². The molecule has 8 heteroatoms. The third-order valence-corrected chi connectivity index (χ3v) is 5.55. The van der Waals surface area contributed by atoms with E-state index in [4.69, 9.17) is 5.10 Å². The van der Waals surface area contributed by atoms with Gasteiger partial charge >= 0.3 is 0 Å². The first-order valence-electron chi connectivity index (χ1n) is 10.2. The monoisotopic (exact) mass is 413 g/mol. The number of benzene rings is 1. The molecule has 4 rings (SSSR count). The maximum atomic E-state index is 14.1. The van der Waals surface area contributed by atoms with E-state index in [1.165, 1.54) is 6.92 Å². The summed E-state index contributed by atoms with van der Waals surface area (Å²) >= 11 is 0. The minimum atomic E-state index is -0.809. The highest BCUT2D eigenvalue weighted by molar-refractivity contribution is 5.79. The van der Waals surface area contributed by atoms with Gasteiger partial charge in [0, 0.05) is 49.6 Å². The van der Waals surface area contributed by atoms with E-state index in [1.54, 1.807) is 18.3 Å². The molecule has 1 N–H and O–H groups in total. The molecule has 1 saturated heterocycles. The summed E-state index contributed by atoms with van der Waals surface area (Å²) in [5.74, 6) is -1.47. The van der Waals surface area contributed by atoms with Gasteiger partial charge in [0.25, 0.3) is 0 Å². The lowest BCUT2D eigenvalue weighted by molar-refractivity contribution is -0.118. The Labute approximate surface area is 173 Å². The largest absolute Gasteiger partial charge is 0.354 e. The second kappa shape index (κ2) is 8.87. The summed E-state index contributed by atoms with van der Waals surface area (Å²) in [7, 11) is 0. The number of nitrogens with zero attached hydrogens (tertiary/aromatic N) is 4. The van der Waals surface area contributed by atoms with Crippen LogP contribution in [0, 0.1) is 11.6 Å². The summed E-state index contributed by atoms with van der Waals surface area (Å²) in [5, 5.41) is 8.62. The zero-order chi connectivity index (χ0) is 21.1. The summed E-state index contributed by atoms with van der Waals surface area (Å²) in [5.41, 5.74) is 2.15. The summed E-state index contributed by atoms with van der Waals surface area (Å²) in [6, 6.07) is 8.24. The Morgan fingerprint density at radius 3 is 2.97 bits per heavy atom. The van der Waals surface area contributed by atoms with Crippen molar-refractivity contribution >= 4 is 16.9 Å². The van der Waals surface area contributed by atoms with Crippen LogP contribution < -0.4 is 5.32 Å². The van der Waals surface area contributed by atoms with E-state index in [2.05, 4.69) is 15.2 Å². The van der Waals surface area contributed by atoms with Gasteiger partial charge < -0.3 is 5.32 Å². The Hall–Kier alpha value is -2.87. The van der Waals surface area contributed by atoms with Crippen LogP contribution in [-0.4, -0.2) is 45.2 Å². The number of carbonyl (C=O) groups is 1. The van der Waals surface area contributed by atoms with Gasteiger partial charge in [-0.3, -0.25) is 9.69 Å². The van der Waals surface area contributed by atoms with Crippen LogP contribution in [0.4, 0.5) is 8.78 Å². The van der Waals surface area contributed by atoms with Crippen molar-refractivity contribution in [1.82, 2.24) is 25.0 Å². The van der Waals surface area contributed by atoms with E-state index in [0.29, 0.717) is 25.2 Å². The normalized spacial score (nSPS) is 17.4. The zero-order valence-corrected chi connectivity index (χ0v) is 16.9. The predicted octanol–water partition coefficient (Wildman–Crippen LogP) is 3.23. The molecule has 1 atom stereocenters. The van der Waals surface area contributed by atoms with E-state index in [0.717, 1.165) is 48.7 Å². The first-order valence-corrected chi connectivity index (χ1v) is 10.2. The van der Waals surface area contributed by atoms with Gasteiger partial charge in [0.2, 0.25) is 5.91 Å². The molecule has 3 aromatic rings. The molecule has 6 nitrogen and oxygen atoms in total. The van der Waals surface area contributed by atoms with E-state index >= 15 is 0 Å². The van der Waals surface area contributed by atoms with Crippen molar-refractivity contribution in [3.05, 3.63) is 59.4 Å². The van der Waals surface area contributed by atoms with Gasteiger partial charge in [-0.05, 0) is 37.6 Å². The fraction of sp³-hybridized carbons (Fsp3) is 0.409. The average Bonchev–Trinajstić information content (AvgIpc) is 3.10. The summed E-state index contributed by atoms with van der Waals surface area (Å²) in [4.78, 5) is 17.8. The van der Waals surface area contributed by atoms with E-state index in [-0.39, 0.29) is 11.8 Å². The molecule has 3 heterocycles. The van der Waals surface area contributed by atoms with Crippen molar-refractivity contribution < 1.29 is 13.6 Å². The quantitative estimate of drug-likeness (QED) is 0.674. The Bertz CT molecular complexity index is 1050. The molecule has 1 aliphatic heterocycles. The number of hydrogen-bond donors (Lipinski definition) is 1. The maximum absolute atomic E-state index is 14.1. The number of amides is 1. The standard InChI is InChI=1S/C22H25F2N5O/c1-15(30)25-10-12-29-22-18(7-3-9-26-22)21(27-29)17-6-4-11-28(14-17)13-16-5-2-8-19(23)20(16)24/h2-3,5,7-9,17H,4,6,10-14H2,1H3,(H,25,30). The smallest absolute Gasteiger partial charge is 0.216 e. The molecule has 1 unspecified atom stereocenters. The second-order valence-corrected chi connectivity index (χ2v) is 7.75. The van der Waals surface area contributed by atoms with Gasteiger partial charge in [0.05, 0.1) is 12.2 Å². The zero-order valence-electron chi connectivity index (χ0n) is 16.9. The molecule has 2 aromatic heterocycles. The van der Waals surface area contributed by atoms with E-state index < -0.39 is 11.6 Å². The third-order valence-electron chi connectivity index (χ3n) is 5.55. The molecule has 1 aliphatic rings. The highest BCUT2D eigenvalue weighted by atomic mass is 19.2.